The molecule has 1 aromatic rings. The van der Waals surface area contributed by atoms with Crippen LogP contribution >= 0.6 is 0 Å². The molecule has 0 aliphatic carbocycles. The van der Waals surface area contributed by atoms with Crippen LogP contribution in [0.1, 0.15) is 18.2 Å². The summed E-state index contributed by atoms with van der Waals surface area (Å²) in [5, 5.41) is 0. The number of rotatable bonds is 4. The third-order valence-corrected chi connectivity index (χ3v) is 4.55. The Balaban J connectivity index is 1.62. The Bertz CT molecular complexity index is 409. The molecule has 4 nitrogen and oxygen atoms in total. The van der Waals surface area contributed by atoms with E-state index in [1.807, 2.05) is 6.20 Å². The fourth-order valence-corrected chi connectivity index (χ4v) is 3.23. The summed E-state index contributed by atoms with van der Waals surface area (Å²) in [6, 6.07) is 5.01. The molecule has 104 valence electrons. The maximum Gasteiger partial charge on any atom is 0.0419 e. The van der Waals surface area contributed by atoms with Gasteiger partial charge in [0.25, 0.3) is 0 Å². The molecule has 3 aliphatic heterocycles. The van der Waals surface area contributed by atoms with Gasteiger partial charge in [-0.05, 0) is 18.1 Å². The monoisotopic (exact) mass is 260 g/mol. The minimum absolute atomic E-state index is 0.197. The van der Waals surface area contributed by atoms with E-state index < -0.39 is 0 Å². The van der Waals surface area contributed by atoms with Crippen molar-refractivity contribution in [2.75, 3.05) is 32.7 Å². The summed E-state index contributed by atoms with van der Waals surface area (Å²) < 4.78 is 0. The second-order valence-electron chi connectivity index (χ2n) is 5.78. The topological polar surface area (TPSA) is 45.4 Å². The van der Waals surface area contributed by atoms with Crippen LogP contribution in [0.4, 0.5) is 0 Å². The lowest BCUT2D eigenvalue weighted by Gasteiger charge is -2.49. The van der Waals surface area contributed by atoms with Gasteiger partial charge in [0.2, 0.25) is 0 Å². The zero-order valence-corrected chi connectivity index (χ0v) is 11.8. The van der Waals surface area contributed by atoms with Crippen LogP contribution in [0.5, 0.6) is 0 Å². The number of piperazine rings is 3. The molecular formula is C15H24N4. The molecule has 2 unspecified atom stereocenters. The van der Waals surface area contributed by atoms with E-state index in [1.165, 1.54) is 31.7 Å². The van der Waals surface area contributed by atoms with E-state index in [0.717, 1.165) is 25.1 Å². The van der Waals surface area contributed by atoms with E-state index in [0.29, 0.717) is 6.04 Å². The number of hydrogen-bond donors (Lipinski definition) is 1. The second-order valence-corrected chi connectivity index (χ2v) is 5.78. The van der Waals surface area contributed by atoms with Crippen LogP contribution in [0.3, 0.4) is 0 Å². The molecule has 0 spiro atoms. The highest BCUT2D eigenvalue weighted by Crippen LogP contribution is 2.19. The fourth-order valence-electron chi connectivity index (χ4n) is 3.23. The van der Waals surface area contributed by atoms with E-state index in [4.69, 9.17) is 5.73 Å². The number of nitrogens with two attached hydrogens (primary N) is 1. The number of aromatic nitrogens is 1. The van der Waals surface area contributed by atoms with Gasteiger partial charge < -0.3 is 5.73 Å². The lowest BCUT2D eigenvalue weighted by Crippen LogP contribution is -2.66. The molecule has 0 aromatic carbocycles. The summed E-state index contributed by atoms with van der Waals surface area (Å²) in [5.74, 6) is 0. The van der Waals surface area contributed by atoms with Gasteiger partial charge in [0, 0.05) is 63.1 Å². The van der Waals surface area contributed by atoms with Crippen molar-refractivity contribution >= 4 is 0 Å². The molecule has 0 radical (unpaired) electrons. The lowest BCUT2D eigenvalue weighted by molar-refractivity contribution is 0.00247. The van der Waals surface area contributed by atoms with Gasteiger partial charge >= 0.3 is 0 Å². The Kier molecular flexibility index (Phi) is 3.82. The Hall–Kier alpha value is -0.970. The van der Waals surface area contributed by atoms with Crippen molar-refractivity contribution in [1.29, 1.82) is 0 Å². The SMILES string of the molecule is CCc1ccc(CC(N)C2CN3CCN2CC3)nc1. The van der Waals surface area contributed by atoms with E-state index in [-0.39, 0.29) is 6.04 Å². The predicted octanol–water partition coefficient (Wildman–Crippen LogP) is 0.514. The van der Waals surface area contributed by atoms with Gasteiger partial charge in [0.05, 0.1) is 0 Å². The van der Waals surface area contributed by atoms with Gasteiger partial charge in [-0.3, -0.25) is 14.8 Å². The van der Waals surface area contributed by atoms with Gasteiger partial charge in [0.1, 0.15) is 0 Å². The molecule has 1 aromatic heterocycles. The predicted molar refractivity (Wildman–Crippen MR) is 77.1 cm³/mol. The minimum atomic E-state index is 0.197. The van der Waals surface area contributed by atoms with Crippen LogP contribution < -0.4 is 5.73 Å². The zero-order chi connectivity index (χ0) is 13.2. The van der Waals surface area contributed by atoms with Crippen molar-refractivity contribution in [3.05, 3.63) is 29.6 Å². The van der Waals surface area contributed by atoms with Gasteiger partial charge in [-0.15, -0.1) is 0 Å². The van der Waals surface area contributed by atoms with Gasteiger partial charge in [-0.2, -0.15) is 0 Å². The molecule has 4 heterocycles. The Morgan fingerprint density at radius 3 is 2.63 bits per heavy atom. The first-order valence-corrected chi connectivity index (χ1v) is 7.42. The molecule has 2 N–H and O–H groups in total. The quantitative estimate of drug-likeness (QED) is 0.857. The van der Waals surface area contributed by atoms with Crippen molar-refractivity contribution < 1.29 is 0 Å². The minimum Gasteiger partial charge on any atom is -0.326 e. The summed E-state index contributed by atoms with van der Waals surface area (Å²) in [5.41, 5.74) is 8.85. The smallest absolute Gasteiger partial charge is 0.0419 e. The molecule has 4 heteroatoms. The van der Waals surface area contributed by atoms with E-state index >= 15 is 0 Å². The number of fused-ring (bicyclic) bond motifs is 3. The average Bonchev–Trinajstić information content (AvgIpc) is 2.49. The van der Waals surface area contributed by atoms with Crippen LogP contribution in [0.2, 0.25) is 0 Å². The number of pyridine rings is 1. The Labute approximate surface area is 115 Å². The van der Waals surface area contributed by atoms with Gasteiger partial charge in [-0.1, -0.05) is 13.0 Å². The zero-order valence-electron chi connectivity index (χ0n) is 11.8. The fraction of sp³-hybridized carbons (Fsp3) is 0.667. The van der Waals surface area contributed by atoms with E-state index in [9.17, 15) is 0 Å². The highest BCUT2D eigenvalue weighted by atomic mass is 15.3. The molecule has 0 amide bonds. The van der Waals surface area contributed by atoms with Gasteiger partial charge in [0.15, 0.2) is 0 Å². The van der Waals surface area contributed by atoms with Gasteiger partial charge in [-0.25, -0.2) is 0 Å². The molecule has 0 saturated carbocycles. The van der Waals surface area contributed by atoms with Crippen molar-refractivity contribution in [2.45, 2.75) is 31.8 Å². The first kappa shape index (κ1) is 13.0. The van der Waals surface area contributed by atoms with Crippen molar-refractivity contribution in [1.82, 2.24) is 14.8 Å². The van der Waals surface area contributed by atoms with Crippen molar-refractivity contribution in [2.24, 2.45) is 5.73 Å². The maximum atomic E-state index is 6.43. The molecule has 3 saturated heterocycles. The van der Waals surface area contributed by atoms with Crippen molar-refractivity contribution in [3.8, 4) is 0 Å². The number of aryl methyl sites for hydroxylation is 1. The third kappa shape index (κ3) is 2.81. The van der Waals surface area contributed by atoms with Crippen LogP contribution in [0.15, 0.2) is 18.3 Å². The molecule has 4 rings (SSSR count). The van der Waals surface area contributed by atoms with E-state index in [2.05, 4.69) is 33.8 Å². The Morgan fingerprint density at radius 2 is 2.11 bits per heavy atom. The highest BCUT2D eigenvalue weighted by molar-refractivity contribution is 5.15. The average molecular weight is 260 g/mol. The third-order valence-electron chi connectivity index (χ3n) is 4.55. The van der Waals surface area contributed by atoms with Crippen LogP contribution in [0.25, 0.3) is 0 Å². The summed E-state index contributed by atoms with van der Waals surface area (Å²) in [4.78, 5) is 9.63. The highest BCUT2D eigenvalue weighted by Gasteiger charge is 2.35. The van der Waals surface area contributed by atoms with Crippen LogP contribution in [0, 0.1) is 0 Å². The first-order chi connectivity index (χ1) is 9.26. The summed E-state index contributed by atoms with van der Waals surface area (Å²) in [6.45, 7) is 8.08. The normalized spacial score (nSPS) is 31.4. The molecular weight excluding hydrogens is 236 g/mol. The number of hydrogen-bond acceptors (Lipinski definition) is 4. The standard InChI is InChI=1S/C15H24N4/c1-2-12-3-4-13(17-10-12)9-14(16)15-11-18-5-7-19(15)8-6-18/h3-4,10,14-15H,2,5-9,11,16H2,1H3. The Morgan fingerprint density at radius 1 is 1.32 bits per heavy atom. The lowest BCUT2D eigenvalue weighted by atomic mass is 9.97. The first-order valence-electron chi connectivity index (χ1n) is 7.42. The molecule has 3 aliphatic rings. The summed E-state index contributed by atoms with van der Waals surface area (Å²) >= 11 is 0. The summed E-state index contributed by atoms with van der Waals surface area (Å²) in [7, 11) is 0. The van der Waals surface area contributed by atoms with E-state index in [1.54, 1.807) is 0 Å². The largest absolute Gasteiger partial charge is 0.326 e. The van der Waals surface area contributed by atoms with Crippen molar-refractivity contribution in [3.63, 3.8) is 0 Å². The second kappa shape index (κ2) is 5.57. The molecule has 2 bridgehead atoms. The molecule has 3 fully saturated rings. The molecule has 19 heavy (non-hydrogen) atoms. The number of nitrogens with zero attached hydrogens (tertiary/aromatic N) is 3. The van der Waals surface area contributed by atoms with Crippen LogP contribution in [-0.2, 0) is 12.8 Å². The molecule has 2 atom stereocenters. The van der Waals surface area contributed by atoms with Crippen LogP contribution in [-0.4, -0.2) is 59.6 Å². The maximum absolute atomic E-state index is 6.43. The summed E-state index contributed by atoms with van der Waals surface area (Å²) in [6.07, 6.45) is 3.92.